The van der Waals surface area contributed by atoms with Crippen LogP contribution in [0.2, 0.25) is 10.0 Å². The largest absolute Gasteiger partial charge is 0.480 e. The minimum Gasteiger partial charge on any atom is -0.480 e. The highest BCUT2D eigenvalue weighted by Crippen LogP contribution is 2.43. The zero-order valence-electron chi connectivity index (χ0n) is 59.3. The smallest absolute Gasteiger partial charge is 0.338 e. The molecule has 3 saturated heterocycles. The fourth-order valence-corrected chi connectivity index (χ4v) is 15.7. The van der Waals surface area contributed by atoms with Gasteiger partial charge in [0, 0.05) is 124 Å². The Morgan fingerprint density at radius 2 is 0.829 bits per heavy atom. The molecule has 9 heterocycles. The van der Waals surface area contributed by atoms with Crippen LogP contribution < -0.4 is 16.0 Å². The maximum absolute atomic E-state index is 14.9. The molecule has 6 aliphatic rings. The number of thiazole rings is 3. The number of methoxy groups -OCH3 is 1. The molecule has 25 nitrogen and oxygen atoms in total. The number of halogens is 12. The Balaban J connectivity index is 0.000000177. The average molecular weight is 1720 g/mol. The van der Waals surface area contributed by atoms with E-state index in [0.29, 0.717) is 71.6 Å². The lowest BCUT2D eigenvalue weighted by Crippen LogP contribution is -2.54. The van der Waals surface area contributed by atoms with E-state index in [1.807, 2.05) is 0 Å². The molecule has 3 unspecified atom stereocenters. The van der Waals surface area contributed by atoms with Crippen LogP contribution in [0.5, 0.6) is 0 Å². The summed E-state index contributed by atoms with van der Waals surface area (Å²) in [6.07, 6.45) is 0.391. The Kier molecular flexibility index (Phi) is 29.2. The van der Waals surface area contributed by atoms with Crippen LogP contribution in [-0.4, -0.2) is 222 Å². The van der Waals surface area contributed by atoms with Crippen LogP contribution >= 0.6 is 73.1 Å². The first-order valence-corrected chi connectivity index (χ1v) is 38.4. The Bertz CT molecular complexity index is 4360. The first-order chi connectivity index (χ1) is 52.9. The van der Waals surface area contributed by atoms with Crippen molar-refractivity contribution in [3.8, 4) is 0 Å². The van der Waals surface area contributed by atoms with Gasteiger partial charge in [-0.1, -0.05) is 57.3 Å². The zero-order chi connectivity index (χ0) is 80.1. The van der Waals surface area contributed by atoms with Crippen LogP contribution in [0.3, 0.4) is 0 Å². The number of carbonyl (C=O) groups excluding carboxylic acids is 3. The monoisotopic (exact) mass is 1720 g/mol. The first kappa shape index (κ1) is 85.2. The van der Waals surface area contributed by atoms with E-state index in [1.54, 1.807) is 60.4 Å². The molecule has 6 atom stereocenters. The lowest BCUT2D eigenvalue weighted by atomic mass is 9.94. The summed E-state index contributed by atoms with van der Waals surface area (Å²) in [5.74, 6) is -15.1. The van der Waals surface area contributed by atoms with Gasteiger partial charge in [0.2, 0.25) is 0 Å². The van der Waals surface area contributed by atoms with Crippen molar-refractivity contribution in [2.75, 3.05) is 99.0 Å². The lowest BCUT2D eigenvalue weighted by molar-refractivity contribution is -0.181. The van der Waals surface area contributed by atoms with Gasteiger partial charge in [-0.25, -0.2) is 78.4 Å². The van der Waals surface area contributed by atoms with E-state index in [2.05, 4.69) is 56.8 Å². The van der Waals surface area contributed by atoms with Gasteiger partial charge in [0.15, 0.2) is 32.5 Å². The van der Waals surface area contributed by atoms with Gasteiger partial charge in [-0.3, -0.25) is 29.7 Å². The zero-order valence-corrected chi connectivity index (χ0v) is 64.9. The van der Waals surface area contributed by atoms with Crippen molar-refractivity contribution >= 4 is 120 Å². The van der Waals surface area contributed by atoms with Crippen molar-refractivity contribution in [2.24, 2.45) is 15.0 Å². The molecule has 3 aromatic carbocycles. The van der Waals surface area contributed by atoms with Gasteiger partial charge in [0.1, 0.15) is 67.1 Å². The summed E-state index contributed by atoms with van der Waals surface area (Å²) in [7, 11) is 1.27. The van der Waals surface area contributed by atoms with Crippen molar-refractivity contribution < 1.29 is 102 Å². The first-order valence-electron chi connectivity index (χ1n) is 34.2. The number of carboxylic acid groups (broad SMARTS) is 2. The van der Waals surface area contributed by atoms with E-state index >= 15 is 0 Å². The summed E-state index contributed by atoms with van der Waals surface area (Å²) in [4.78, 5) is 92.3. The SMILES string of the molecule is CCOC(=O)C1=C(CN2CCC(OC)C(F)(F)C2)NC(c2nccs2)=N[C@H]1c1ccc(F)cc1Cl.CCOC(=O)C1=C(CN2CCC(OCC(=O)O)C(F)(F)C2)NC(c2nccs2)=N[C@H]1c1ccc(F)cc1Br.CCOC(=O)C1=C(CN2CCC(OCC(=O)O)C(F)(F)C2)NC(c2nccs2)=N[C@H]1c1ccc(F)cc1Cl. The number of hydrogen-bond donors (Lipinski definition) is 5. The summed E-state index contributed by atoms with van der Waals surface area (Å²) >= 11 is 19.9. The van der Waals surface area contributed by atoms with Gasteiger partial charge in [-0.05, 0) is 82.0 Å². The molecule has 0 radical (unpaired) electrons. The highest BCUT2D eigenvalue weighted by molar-refractivity contribution is 9.10. The van der Waals surface area contributed by atoms with E-state index in [9.17, 15) is 63.5 Å². The Morgan fingerprint density at radius 3 is 1.11 bits per heavy atom. The summed E-state index contributed by atoms with van der Waals surface area (Å²) in [6, 6.07) is 8.59. The van der Waals surface area contributed by atoms with Crippen molar-refractivity contribution in [1.82, 2.24) is 45.6 Å². The second-order valence-corrected chi connectivity index (χ2v) is 29.6. The number of amidine groups is 3. The molecule has 111 heavy (non-hydrogen) atoms. The molecule has 596 valence electrons. The van der Waals surface area contributed by atoms with Gasteiger partial charge in [-0.2, -0.15) is 0 Å². The quantitative estimate of drug-likeness (QED) is 0.0202. The molecule has 5 N–H and O–H groups in total. The van der Waals surface area contributed by atoms with Crippen LogP contribution in [0.4, 0.5) is 39.5 Å². The fraction of sp³-hybridized carbons (Fsp3) is 0.423. The summed E-state index contributed by atoms with van der Waals surface area (Å²) in [5.41, 5.74) is 2.37. The van der Waals surface area contributed by atoms with Crippen molar-refractivity contribution in [3.63, 3.8) is 0 Å². The second kappa shape index (κ2) is 38.0. The van der Waals surface area contributed by atoms with Crippen LogP contribution in [0.1, 0.15) is 89.9 Å². The number of carboxylic acids is 2. The highest BCUT2D eigenvalue weighted by atomic mass is 79.9. The number of likely N-dealkylation sites (tertiary alicyclic amines) is 3. The number of ether oxygens (including phenoxy) is 6. The number of nitrogens with zero attached hydrogens (tertiary/aromatic N) is 9. The number of hydrogen-bond acceptors (Lipinski definition) is 26. The van der Waals surface area contributed by atoms with E-state index in [0.717, 1.165) is 12.1 Å². The average Bonchev–Trinajstić information content (AvgIpc) is 1.48. The number of esters is 3. The lowest BCUT2D eigenvalue weighted by Gasteiger charge is -2.39. The third kappa shape index (κ3) is 21.5. The highest BCUT2D eigenvalue weighted by Gasteiger charge is 2.50. The van der Waals surface area contributed by atoms with Crippen LogP contribution in [-0.2, 0) is 52.4 Å². The topological polar surface area (TPSA) is 303 Å². The summed E-state index contributed by atoms with van der Waals surface area (Å²) in [6.45, 7) is 1.95. The fourth-order valence-electron chi connectivity index (χ4n) is 12.8. The maximum atomic E-state index is 14.9. The molecule has 40 heteroatoms. The third-order valence-electron chi connectivity index (χ3n) is 17.6. The van der Waals surface area contributed by atoms with Crippen LogP contribution in [0.25, 0.3) is 0 Å². The second-order valence-electron chi connectivity index (χ2n) is 25.3. The molecular formula is C71H72BrCl2F9N12O13S3. The number of rotatable bonds is 25. The minimum atomic E-state index is -3.33. The number of carbonyl (C=O) groups is 5. The van der Waals surface area contributed by atoms with Crippen molar-refractivity contribution in [2.45, 2.75) is 94.2 Å². The van der Waals surface area contributed by atoms with E-state index in [-0.39, 0.29) is 104 Å². The van der Waals surface area contributed by atoms with Gasteiger partial charge in [0.05, 0.1) is 56.2 Å². The molecule has 0 amide bonds. The van der Waals surface area contributed by atoms with Crippen molar-refractivity contribution in [1.29, 1.82) is 0 Å². The van der Waals surface area contributed by atoms with Crippen LogP contribution in [0, 0.1) is 17.5 Å². The molecule has 6 aromatic rings. The van der Waals surface area contributed by atoms with Gasteiger partial charge < -0.3 is 54.6 Å². The normalized spacial score (nSPS) is 21.9. The molecule has 3 fully saturated rings. The number of nitrogens with one attached hydrogen (secondary N) is 3. The van der Waals surface area contributed by atoms with Gasteiger partial charge >= 0.3 is 29.8 Å². The molecule has 3 aromatic heterocycles. The van der Waals surface area contributed by atoms with Crippen LogP contribution in [0.15, 0.2) is 143 Å². The van der Waals surface area contributed by atoms with E-state index in [1.165, 1.54) is 93.4 Å². The van der Waals surface area contributed by atoms with Gasteiger partial charge in [0.25, 0.3) is 17.8 Å². The van der Waals surface area contributed by atoms with E-state index < -0.39 is 134 Å². The number of aliphatic imine (C=N–C) groups is 3. The Morgan fingerprint density at radius 1 is 0.514 bits per heavy atom. The number of aromatic nitrogens is 3. The number of aliphatic carboxylic acids is 2. The van der Waals surface area contributed by atoms with E-state index in [4.69, 9.17) is 66.8 Å². The minimum absolute atomic E-state index is 0.000118. The van der Waals surface area contributed by atoms with Crippen molar-refractivity contribution in [3.05, 3.63) is 187 Å². The predicted molar refractivity (Wildman–Crippen MR) is 395 cm³/mol. The number of alkyl halides is 6. The predicted octanol–water partition coefficient (Wildman–Crippen LogP) is 11.6. The molecule has 12 rings (SSSR count). The standard InChI is InChI=1S/C24H24BrF3N4O5S.C24H24ClF3N4O5S.C23H24ClF3N4O3S/c2*1-2-36-23(35)19-16(10-32-7-5-17(24(27,28)12-32)37-11-18(33)34)30-21(22-29-6-8-38-22)31-20(19)14-4-3-13(26)9-15(14)25;1-3-34-22(32)18-16(11-31-8-6-17(33-2)23(26,27)12-31)29-20(21-28-7-9-35-21)30-19(18)14-5-4-13(25)10-15(14)24/h2*3-4,6,8-9,17,20H,2,5,7,10-12H2,1H3,(H,30,31)(H,33,34);4-5,7,9-10,17,19H,3,6,8,11-12H2,1-2H3,(H,29,30)/t2*17?,20-;17?,19-/m000/s1. The Hall–Kier alpha value is -8.28. The maximum Gasteiger partial charge on any atom is 0.338 e. The molecular weight excluding hydrogens is 1650 g/mol. The van der Waals surface area contributed by atoms with Gasteiger partial charge in [-0.15, -0.1) is 34.0 Å². The third-order valence-corrected chi connectivity index (χ3v) is 21.3. The molecule has 0 saturated carbocycles. The molecule has 0 bridgehead atoms. The summed E-state index contributed by atoms with van der Waals surface area (Å²) < 4.78 is 161. The molecule has 0 aliphatic carbocycles. The summed E-state index contributed by atoms with van der Waals surface area (Å²) in [5, 5.41) is 33.7. The molecule has 0 spiro atoms. The molecule has 6 aliphatic heterocycles. The number of piperidine rings is 3. The number of benzene rings is 3. The Labute approximate surface area is 659 Å².